The molecule has 0 aromatic carbocycles. The average Bonchev–Trinajstić information content (AvgIpc) is 2.80. The Kier molecular flexibility index (Phi) is 7.00. The number of rotatable bonds is 9. The molecule has 5 heteroatoms. The number of hydrogen-bond donors (Lipinski definition) is 2. The highest BCUT2D eigenvalue weighted by Crippen LogP contribution is 2.25. The first-order chi connectivity index (χ1) is 9.57. The highest BCUT2D eigenvalue weighted by Gasteiger charge is 2.25. The van der Waals surface area contributed by atoms with Gasteiger partial charge in [0.05, 0.1) is 16.4 Å². The van der Waals surface area contributed by atoms with Crippen molar-refractivity contribution >= 4 is 11.6 Å². The van der Waals surface area contributed by atoms with Gasteiger partial charge in [0.2, 0.25) is 0 Å². The zero-order chi connectivity index (χ0) is 15.2. The van der Waals surface area contributed by atoms with Crippen LogP contribution in [0.5, 0.6) is 0 Å². The Balaban J connectivity index is 2.72. The summed E-state index contributed by atoms with van der Waals surface area (Å²) in [7, 11) is 0. The van der Waals surface area contributed by atoms with Gasteiger partial charge in [0.15, 0.2) is 0 Å². The minimum Gasteiger partial charge on any atom is -0.396 e. The van der Waals surface area contributed by atoms with Crippen molar-refractivity contribution in [3.63, 3.8) is 0 Å². The van der Waals surface area contributed by atoms with E-state index < -0.39 is 0 Å². The Bertz CT molecular complexity index is 405. The molecule has 0 bridgehead atoms. The van der Waals surface area contributed by atoms with Gasteiger partial charge in [-0.1, -0.05) is 32.4 Å². The van der Waals surface area contributed by atoms with Crippen molar-refractivity contribution in [1.29, 1.82) is 0 Å². The van der Waals surface area contributed by atoms with Gasteiger partial charge >= 0.3 is 0 Å². The summed E-state index contributed by atoms with van der Waals surface area (Å²) in [5, 5.41) is 18.3. The lowest BCUT2D eigenvalue weighted by atomic mass is 9.83. The second kappa shape index (κ2) is 8.01. The molecule has 0 aliphatic carbocycles. The van der Waals surface area contributed by atoms with Crippen LogP contribution in [0.25, 0.3) is 0 Å². The second-order valence-corrected chi connectivity index (χ2v) is 5.72. The number of hydrogen-bond acceptors (Lipinski definition) is 3. The van der Waals surface area contributed by atoms with Gasteiger partial charge in [-0.2, -0.15) is 5.10 Å². The van der Waals surface area contributed by atoms with Gasteiger partial charge in [-0.15, -0.1) is 0 Å². The molecule has 0 saturated heterocycles. The molecular weight excluding hydrogens is 274 g/mol. The highest BCUT2D eigenvalue weighted by molar-refractivity contribution is 6.31. The molecule has 0 atom stereocenters. The summed E-state index contributed by atoms with van der Waals surface area (Å²) in [4.78, 5) is 0. The third-order valence-corrected chi connectivity index (χ3v) is 4.76. The normalized spacial score (nSPS) is 12.1. The maximum atomic E-state index is 9.59. The van der Waals surface area contributed by atoms with Gasteiger partial charge in [-0.05, 0) is 26.2 Å². The molecular formula is C15H28ClN3O. The van der Waals surface area contributed by atoms with Crippen LogP contribution in [0.4, 0.5) is 0 Å². The Labute approximate surface area is 127 Å². The zero-order valence-corrected chi connectivity index (χ0v) is 13.9. The number of aliphatic hydroxyl groups excluding tert-OH is 1. The summed E-state index contributed by atoms with van der Waals surface area (Å²) in [6.45, 7) is 10.9. The van der Waals surface area contributed by atoms with E-state index in [2.05, 4.69) is 38.1 Å². The van der Waals surface area contributed by atoms with Crippen LogP contribution in [0.2, 0.25) is 5.02 Å². The van der Waals surface area contributed by atoms with E-state index in [4.69, 9.17) is 11.6 Å². The maximum absolute atomic E-state index is 9.59. The molecule has 0 amide bonds. The number of aliphatic hydroxyl groups is 1. The molecule has 116 valence electrons. The predicted octanol–water partition coefficient (Wildman–Crippen LogP) is 3.01. The Morgan fingerprint density at radius 3 is 2.35 bits per heavy atom. The molecule has 0 aliphatic heterocycles. The topological polar surface area (TPSA) is 50.1 Å². The van der Waals surface area contributed by atoms with Gasteiger partial charge in [-0.3, -0.25) is 4.68 Å². The van der Waals surface area contributed by atoms with E-state index in [0.717, 1.165) is 48.8 Å². The number of halogens is 1. The Morgan fingerprint density at radius 2 is 1.90 bits per heavy atom. The van der Waals surface area contributed by atoms with Gasteiger partial charge in [0.1, 0.15) is 0 Å². The highest BCUT2D eigenvalue weighted by atomic mass is 35.5. The van der Waals surface area contributed by atoms with E-state index >= 15 is 0 Å². The Hall–Kier alpha value is -0.580. The lowest BCUT2D eigenvalue weighted by molar-refractivity contribution is 0.112. The average molecular weight is 302 g/mol. The molecule has 0 saturated carbocycles. The van der Waals surface area contributed by atoms with Crippen molar-refractivity contribution in [1.82, 2.24) is 15.1 Å². The number of aromatic nitrogens is 2. The fourth-order valence-electron chi connectivity index (χ4n) is 2.41. The molecule has 4 nitrogen and oxygen atoms in total. The monoisotopic (exact) mass is 301 g/mol. The van der Waals surface area contributed by atoms with E-state index in [-0.39, 0.29) is 12.0 Å². The molecule has 0 fully saturated rings. The first-order valence-corrected chi connectivity index (χ1v) is 8.00. The van der Waals surface area contributed by atoms with Crippen LogP contribution in [0.15, 0.2) is 0 Å². The number of aryl methyl sites for hydroxylation is 2. The molecule has 1 aromatic rings. The van der Waals surface area contributed by atoms with E-state index in [0.29, 0.717) is 6.54 Å². The lowest BCUT2D eigenvalue weighted by Gasteiger charge is -2.29. The van der Waals surface area contributed by atoms with Crippen LogP contribution in [0.3, 0.4) is 0 Å². The molecule has 0 aliphatic rings. The predicted molar refractivity (Wildman–Crippen MR) is 84.1 cm³/mol. The van der Waals surface area contributed by atoms with Crippen molar-refractivity contribution in [2.75, 3.05) is 13.2 Å². The molecule has 1 aromatic heterocycles. The van der Waals surface area contributed by atoms with E-state index in [9.17, 15) is 5.11 Å². The minimum atomic E-state index is -0.0306. The molecule has 20 heavy (non-hydrogen) atoms. The van der Waals surface area contributed by atoms with Crippen LogP contribution in [0.1, 0.15) is 51.9 Å². The molecule has 0 spiro atoms. The molecule has 0 radical (unpaired) electrons. The summed E-state index contributed by atoms with van der Waals surface area (Å²) in [6, 6.07) is 0. The van der Waals surface area contributed by atoms with Crippen molar-refractivity contribution in [3.05, 3.63) is 16.4 Å². The zero-order valence-electron chi connectivity index (χ0n) is 13.2. The third-order valence-electron chi connectivity index (χ3n) is 4.32. The SMILES string of the molecule is CCc1nn(CC)c(CNCC(CC)(CC)CO)c1Cl. The smallest absolute Gasteiger partial charge is 0.0863 e. The Morgan fingerprint density at radius 1 is 1.25 bits per heavy atom. The standard InChI is InChI=1S/C15H28ClN3O/c1-5-12-14(16)13(19(8-4)18-12)9-17-10-15(6-2,7-3)11-20/h17,20H,5-11H2,1-4H3. The second-order valence-electron chi connectivity index (χ2n) is 5.35. The van der Waals surface area contributed by atoms with Gasteiger partial charge < -0.3 is 10.4 Å². The van der Waals surface area contributed by atoms with Crippen LogP contribution in [-0.2, 0) is 19.5 Å². The first-order valence-electron chi connectivity index (χ1n) is 7.63. The van der Waals surface area contributed by atoms with E-state index in [1.165, 1.54) is 0 Å². The molecule has 2 N–H and O–H groups in total. The van der Waals surface area contributed by atoms with Crippen molar-refractivity contribution in [2.45, 2.75) is 60.0 Å². The van der Waals surface area contributed by atoms with E-state index in [1.807, 2.05) is 4.68 Å². The van der Waals surface area contributed by atoms with Gasteiger partial charge in [0.25, 0.3) is 0 Å². The quantitative estimate of drug-likeness (QED) is 0.737. The number of nitrogens with one attached hydrogen (secondary N) is 1. The minimum absolute atomic E-state index is 0.0306. The van der Waals surface area contributed by atoms with Crippen LogP contribution in [0, 0.1) is 5.41 Å². The first kappa shape index (κ1) is 17.5. The summed E-state index contributed by atoms with van der Waals surface area (Å²) < 4.78 is 1.96. The summed E-state index contributed by atoms with van der Waals surface area (Å²) in [5.41, 5.74) is 1.98. The van der Waals surface area contributed by atoms with Crippen molar-refractivity contribution in [3.8, 4) is 0 Å². The fourth-order valence-corrected chi connectivity index (χ4v) is 2.75. The fraction of sp³-hybridized carbons (Fsp3) is 0.800. The van der Waals surface area contributed by atoms with Crippen LogP contribution < -0.4 is 5.32 Å². The van der Waals surface area contributed by atoms with Gasteiger partial charge in [0, 0.05) is 31.7 Å². The van der Waals surface area contributed by atoms with Crippen LogP contribution in [-0.4, -0.2) is 28.0 Å². The van der Waals surface area contributed by atoms with Crippen molar-refractivity contribution in [2.24, 2.45) is 5.41 Å². The lowest BCUT2D eigenvalue weighted by Crippen LogP contribution is -2.36. The van der Waals surface area contributed by atoms with Gasteiger partial charge in [-0.25, -0.2) is 0 Å². The third kappa shape index (κ3) is 3.74. The largest absolute Gasteiger partial charge is 0.396 e. The summed E-state index contributed by atoms with van der Waals surface area (Å²) >= 11 is 6.39. The number of nitrogens with zero attached hydrogens (tertiary/aromatic N) is 2. The maximum Gasteiger partial charge on any atom is 0.0863 e. The summed E-state index contributed by atoms with van der Waals surface area (Å²) in [5.74, 6) is 0. The molecule has 0 unspecified atom stereocenters. The van der Waals surface area contributed by atoms with Crippen molar-refractivity contribution < 1.29 is 5.11 Å². The molecule has 1 heterocycles. The molecule has 1 rings (SSSR count). The van der Waals surface area contributed by atoms with Crippen LogP contribution >= 0.6 is 11.6 Å². The van der Waals surface area contributed by atoms with E-state index in [1.54, 1.807) is 0 Å². The summed E-state index contributed by atoms with van der Waals surface area (Å²) in [6.07, 6.45) is 2.78.